The van der Waals surface area contributed by atoms with E-state index in [1.54, 1.807) is 0 Å². The van der Waals surface area contributed by atoms with Crippen LogP contribution in [0.1, 0.15) is 181 Å². The first-order chi connectivity index (χ1) is 24.2. The van der Waals surface area contributed by atoms with Gasteiger partial charge in [0.25, 0.3) is 0 Å². The molecule has 0 fully saturated rings. The van der Waals surface area contributed by atoms with Crippen LogP contribution in [0.15, 0.2) is 48.6 Å². The normalized spacial score (nSPS) is 13.1. The van der Waals surface area contributed by atoms with Crippen LogP contribution < -0.4 is 5.32 Å². The molecule has 4 heteroatoms. The Morgan fingerprint density at radius 2 is 0.939 bits per heavy atom. The summed E-state index contributed by atoms with van der Waals surface area (Å²) in [5, 5.41) is 3.61. The Morgan fingerprint density at radius 1 is 0.490 bits per heavy atom. The van der Waals surface area contributed by atoms with E-state index in [4.69, 9.17) is 9.47 Å². The van der Waals surface area contributed by atoms with E-state index in [9.17, 15) is 0 Å². The first-order valence-electron chi connectivity index (χ1n) is 21.3. The molecule has 0 aliphatic heterocycles. The van der Waals surface area contributed by atoms with E-state index >= 15 is 0 Å². The van der Waals surface area contributed by atoms with Crippen LogP contribution in [0.4, 0.5) is 0 Å². The van der Waals surface area contributed by atoms with Gasteiger partial charge in [-0.1, -0.05) is 140 Å². The molecule has 0 bridgehead atoms. The quantitative estimate of drug-likeness (QED) is 0.0514. The van der Waals surface area contributed by atoms with Gasteiger partial charge in [0, 0.05) is 13.2 Å². The van der Waals surface area contributed by atoms with Crippen molar-refractivity contribution in [2.75, 3.05) is 53.6 Å². The van der Waals surface area contributed by atoms with E-state index in [0.29, 0.717) is 0 Å². The van der Waals surface area contributed by atoms with Crippen molar-refractivity contribution in [2.45, 2.75) is 187 Å². The highest BCUT2D eigenvalue weighted by Gasteiger charge is 2.09. The van der Waals surface area contributed by atoms with Gasteiger partial charge in [-0.3, -0.25) is 0 Å². The monoisotopic (exact) mass is 687 g/mol. The van der Waals surface area contributed by atoms with E-state index < -0.39 is 0 Å². The van der Waals surface area contributed by atoms with Crippen molar-refractivity contribution >= 4 is 0 Å². The molecule has 1 atom stereocenters. The maximum atomic E-state index is 6.34. The fourth-order valence-electron chi connectivity index (χ4n) is 5.87. The summed E-state index contributed by atoms with van der Waals surface area (Å²) in [4.78, 5) is 2.25. The highest BCUT2D eigenvalue weighted by molar-refractivity contribution is 4.93. The Labute approximate surface area is 308 Å². The third-order valence-corrected chi connectivity index (χ3v) is 9.09. The number of nitrogens with one attached hydrogen (secondary N) is 1. The van der Waals surface area contributed by atoms with Crippen LogP contribution in [0, 0.1) is 0 Å². The fraction of sp³-hybridized carbons (Fsp3) is 0.822. The lowest BCUT2D eigenvalue weighted by Crippen LogP contribution is -2.28. The maximum absolute atomic E-state index is 6.34. The Balaban J connectivity index is 3.89. The summed E-state index contributed by atoms with van der Waals surface area (Å²) >= 11 is 0. The summed E-state index contributed by atoms with van der Waals surface area (Å²) in [5.41, 5.74) is 0. The molecule has 0 heterocycles. The molecule has 0 saturated heterocycles. The molecule has 0 aliphatic rings. The second-order valence-electron chi connectivity index (χ2n) is 14.4. The van der Waals surface area contributed by atoms with Crippen molar-refractivity contribution in [3.63, 3.8) is 0 Å². The van der Waals surface area contributed by atoms with E-state index in [2.05, 4.69) is 86.8 Å². The Morgan fingerprint density at radius 3 is 1.43 bits per heavy atom. The number of ether oxygens (including phenoxy) is 2. The minimum atomic E-state index is 0.212. The van der Waals surface area contributed by atoms with Crippen LogP contribution in [-0.4, -0.2) is 64.6 Å². The predicted octanol–water partition coefficient (Wildman–Crippen LogP) is 12.9. The lowest BCUT2D eigenvalue weighted by Gasteiger charge is -2.19. The van der Waals surface area contributed by atoms with Crippen LogP contribution >= 0.6 is 0 Å². The Bertz CT molecular complexity index is 730. The predicted molar refractivity (Wildman–Crippen MR) is 220 cm³/mol. The molecule has 4 nitrogen and oxygen atoms in total. The maximum Gasteiger partial charge on any atom is 0.0820 e. The van der Waals surface area contributed by atoms with Crippen LogP contribution in [0.25, 0.3) is 0 Å². The van der Waals surface area contributed by atoms with Crippen molar-refractivity contribution in [3.05, 3.63) is 48.6 Å². The number of hydrogen-bond donors (Lipinski definition) is 1. The molecule has 1 N–H and O–H groups in total. The summed E-state index contributed by atoms with van der Waals surface area (Å²) in [6.45, 7) is 10.2. The van der Waals surface area contributed by atoms with Crippen LogP contribution in [0.2, 0.25) is 0 Å². The van der Waals surface area contributed by atoms with Gasteiger partial charge in [-0.05, 0) is 124 Å². The second kappa shape index (κ2) is 43.0. The van der Waals surface area contributed by atoms with Crippen LogP contribution in [0.5, 0.6) is 0 Å². The standard InChI is InChI=1S/C45H86N2O2/c1-5-7-9-11-13-15-17-19-21-23-25-27-29-31-33-35-42-48-44-45(38-40-46-39-37-41-47(3)4)49-43-36-34-32-30-28-26-24-22-20-18-16-14-12-10-8-6-2/h13-16,19-22,45-46H,5-12,17-18,23-44H2,1-4H3/b15-13-,16-14-,21-19-,22-20-. The molecule has 0 saturated carbocycles. The largest absolute Gasteiger partial charge is 0.379 e. The number of rotatable bonds is 40. The molecule has 1 unspecified atom stereocenters. The Hall–Kier alpha value is -1.20. The minimum absolute atomic E-state index is 0.212. The lowest BCUT2D eigenvalue weighted by atomic mass is 10.1. The average Bonchev–Trinajstić information content (AvgIpc) is 3.10. The van der Waals surface area contributed by atoms with Crippen molar-refractivity contribution in [2.24, 2.45) is 0 Å². The van der Waals surface area contributed by atoms with Gasteiger partial charge in [0.2, 0.25) is 0 Å². The molecular formula is C45H86N2O2. The zero-order chi connectivity index (χ0) is 35.6. The molecule has 0 aliphatic carbocycles. The number of hydrogen-bond acceptors (Lipinski definition) is 4. The van der Waals surface area contributed by atoms with Gasteiger partial charge in [-0.25, -0.2) is 0 Å². The smallest absolute Gasteiger partial charge is 0.0820 e. The number of allylic oxidation sites excluding steroid dienone is 8. The van der Waals surface area contributed by atoms with Gasteiger partial charge in [-0.15, -0.1) is 0 Å². The summed E-state index contributed by atoms with van der Waals surface area (Å²) in [6, 6.07) is 0. The molecule has 49 heavy (non-hydrogen) atoms. The molecule has 0 spiro atoms. The average molecular weight is 687 g/mol. The summed E-state index contributed by atoms with van der Waals surface area (Å²) < 4.78 is 12.5. The molecule has 288 valence electrons. The molecule has 0 rings (SSSR count). The van der Waals surface area contributed by atoms with E-state index in [0.717, 1.165) is 58.7 Å². The topological polar surface area (TPSA) is 33.7 Å². The zero-order valence-corrected chi connectivity index (χ0v) is 33.6. The summed E-state index contributed by atoms with van der Waals surface area (Å²) in [5.74, 6) is 0. The van der Waals surface area contributed by atoms with Crippen molar-refractivity contribution in [1.82, 2.24) is 10.2 Å². The van der Waals surface area contributed by atoms with Crippen molar-refractivity contribution in [1.29, 1.82) is 0 Å². The van der Waals surface area contributed by atoms with Gasteiger partial charge < -0.3 is 19.7 Å². The summed E-state index contributed by atoms with van der Waals surface area (Å²) in [7, 11) is 4.29. The number of nitrogens with zero attached hydrogens (tertiary/aromatic N) is 1. The highest BCUT2D eigenvalue weighted by Crippen LogP contribution is 2.11. The molecular weight excluding hydrogens is 601 g/mol. The molecule has 0 amide bonds. The van der Waals surface area contributed by atoms with Crippen molar-refractivity contribution in [3.8, 4) is 0 Å². The van der Waals surface area contributed by atoms with E-state index in [1.165, 1.54) is 148 Å². The fourth-order valence-corrected chi connectivity index (χ4v) is 5.87. The van der Waals surface area contributed by atoms with Gasteiger partial charge in [0.15, 0.2) is 0 Å². The van der Waals surface area contributed by atoms with Crippen LogP contribution in [0.3, 0.4) is 0 Å². The van der Waals surface area contributed by atoms with Crippen molar-refractivity contribution < 1.29 is 9.47 Å². The first-order valence-corrected chi connectivity index (χ1v) is 21.3. The lowest BCUT2D eigenvalue weighted by molar-refractivity contribution is -0.0220. The third kappa shape index (κ3) is 42.9. The zero-order valence-electron chi connectivity index (χ0n) is 33.6. The second-order valence-corrected chi connectivity index (χ2v) is 14.4. The van der Waals surface area contributed by atoms with Gasteiger partial charge in [0.1, 0.15) is 0 Å². The Kier molecular flexibility index (Phi) is 41.9. The molecule has 0 aromatic carbocycles. The van der Waals surface area contributed by atoms with Gasteiger partial charge in [0.05, 0.1) is 12.7 Å². The van der Waals surface area contributed by atoms with Crippen LogP contribution in [-0.2, 0) is 9.47 Å². The molecule has 0 radical (unpaired) electrons. The minimum Gasteiger partial charge on any atom is -0.379 e. The summed E-state index contributed by atoms with van der Waals surface area (Å²) in [6.07, 6.45) is 52.0. The first kappa shape index (κ1) is 47.8. The van der Waals surface area contributed by atoms with E-state index in [1.807, 2.05) is 0 Å². The molecule has 0 aromatic heterocycles. The SMILES string of the molecule is CCCCC/C=C\C/C=C\CCCCCCCCOCC(CCNCCCN(C)C)OCCCCCCCC/C=C\C/C=C\CCCCC. The van der Waals surface area contributed by atoms with Gasteiger partial charge in [-0.2, -0.15) is 0 Å². The van der Waals surface area contributed by atoms with E-state index in [-0.39, 0.29) is 6.10 Å². The van der Waals surface area contributed by atoms with Gasteiger partial charge >= 0.3 is 0 Å². The third-order valence-electron chi connectivity index (χ3n) is 9.09. The number of unbranched alkanes of at least 4 members (excludes halogenated alkanes) is 18. The highest BCUT2D eigenvalue weighted by atomic mass is 16.5. The molecule has 0 aromatic rings.